The number of carbonyl (C=O) groups excluding carboxylic acids is 2. The molecule has 112 valence electrons. The van der Waals surface area contributed by atoms with Crippen molar-refractivity contribution in [3.8, 4) is 0 Å². The van der Waals surface area contributed by atoms with Gasteiger partial charge in [-0.1, -0.05) is 18.0 Å². The molecule has 0 unspecified atom stereocenters. The van der Waals surface area contributed by atoms with E-state index in [1.54, 1.807) is 0 Å². The van der Waals surface area contributed by atoms with Crippen LogP contribution in [0, 0.1) is 5.41 Å². The molecule has 0 radical (unpaired) electrons. The molecule has 7 heteroatoms. The lowest BCUT2D eigenvalue weighted by molar-refractivity contribution is -0.146. The Bertz CT molecular complexity index is 611. The Hall–Kier alpha value is -2.08. The van der Waals surface area contributed by atoms with Crippen LogP contribution in [0.25, 0.3) is 0 Å². The normalized spacial score (nSPS) is 15.7. The number of aromatic carboxylic acids is 1. The fourth-order valence-corrected chi connectivity index (χ4v) is 2.54. The molecule has 1 saturated carbocycles. The summed E-state index contributed by atoms with van der Waals surface area (Å²) in [6.07, 6.45) is 1.78. The van der Waals surface area contributed by atoms with Gasteiger partial charge in [-0.05, 0) is 31.0 Å². The minimum Gasteiger partial charge on any atom is -0.478 e. The number of hydrogen-bond acceptors (Lipinski definition) is 3. The van der Waals surface area contributed by atoms with Crippen LogP contribution in [0.4, 0.5) is 5.69 Å². The lowest BCUT2D eigenvalue weighted by atomic mass is 9.67. The van der Waals surface area contributed by atoms with E-state index in [0.717, 1.165) is 6.42 Å². The molecule has 1 aromatic carbocycles. The predicted molar refractivity (Wildman–Crippen MR) is 77.4 cm³/mol. The van der Waals surface area contributed by atoms with Crippen molar-refractivity contribution >= 4 is 35.1 Å². The average molecular weight is 311 g/mol. The molecule has 0 spiro atoms. The van der Waals surface area contributed by atoms with Crippen LogP contribution in [-0.4, -0.2) is 29.9 Å². The second-order valence-electron chi connectivity index (χ2n) is 4.97. The number of carboxylic acid groups (broad SMARTS) is 1. The number of halogens is 1. The van der Waals surface area contributed by atoms with Crippen LogP contribution in [0.3, 0.4) is 0 Å². The standard InChI is InChI=1S/C14H15ClN2O4/c1-16-12(20)14(5-2-6-14)13(21)17-8-3-4-10(15)9(7-8)11(18)19/h3-4,7H,2,5-6H2,1H3,(H,16,20)(H,17,21)(H,18,19). The summed E-state index contributed by atoms with van der Waals surface area (Å²) in [4.78, 5) is 35.2. The summed E-state index contributed by atoms with van der Waals surface area (Å²) in [5, 5.41) is 14.2. The molecule has 1 aromatic rings. The highest BCUT2D eigenvalue weighted by Gasteiger charge is 2.50. The van der Waals surface area contributed by atoms with Gasteiger partial charge in [0.25, 0.3) is 0 Å². The molecule has 21 heavy (non-hydrogen) atoms. The van der Waals surface area contributed by atoms with E-state index >= 15 is 0 Å². The van der Waals surface area contributed by atoms with E-state index < -0.39 is 17.3 Å². The van der Waals surface area contributed by atoms with Crippen LogP contribution >= 0.6 is 11.6 Å². The number of anilines is 1. The zero-order valence-electron chi connectivity index (χ0n) is 11.4. The van der Waals surface area contributed by atoms with E-state index in [9.17, 15) is 14.4 Å². The maximum Gasteiger partial charge on any atom is 0.337 e. The quantitative estimate of drug-likeness (QED) is 0.740. The third kappa shape index (κ3) is 2.71. The second kappa shape index (κ2) is 5.73. The highest BCUT2D eigenvalue weighted by Crippen LogP contribution is 2.42. The molecular weight excluding hydrogens is 296 g/mol. The maximum atomic E-state index is 12.3. The van der Waals surface area contributed by atoms with Crippen LogP contribution in [0.1, 0.15) is 29.6 Å². The number of nitrogens with one attached hydrogen (secondary N) is 2. The molecule has 0 heterocycles. The molecule has 2 amide bonds. The zero-order chi connectivity index (χ0) is 15.6. The number of rotatable bonds is 4. The van der Waals surface area contributed by atoms with Crippen LogP contribution in [0.15, 0.2) is 18.2 Å². The van der Waals surface area contributed by atoms with Gasteiger partial charge in [0.15, 0.2) is 0 Å². The van der Waals surface area contributed by atoms with Gasteiger partial charge in [0, 0.05) is 12.7 Å². The van der Waals surface area contributed by atoms with Crippen molar-refractivity contribution < 1.29 is 19.5 Å². The first kappa shape index (κ1) is 15.3. The van der Waals surface area contributed by atoms with Gasteiger partial charge in [-0.15, -0.1) is 0 Å². The summed E-state index contributed by atoms with van der Waals surface area (Å²) in [7, 11) is 1.49. The molecule has 6 nitrogen and oxygen atoms in total. The molecule has 0 saturated heterocycles. The molecule has 0 aromatic heterocycles. The van der Waals surface area contributed by atoms with Gasteiger partial charge < -0.3 is 15.7 Å². The number of hydrogen-bond donors (Lipinski definition) is 3. The lowest BCUT2D eigenvalue weighted by Crippen LogP contribution is -2.52. The number of amides is 2. The maximum absolute atomic E-state index is 12.3. The lowest BCUT2D eigenvalue weighted by Gasteiger charge is -2.38. The molecule has 0 bridgehead atoms. The molecule has 0 aliphatic heterocycles. The van der Waals surface area contributed by atoms with E-state index in [-0.39, 0.29) is 16.5 Å². The Balaban J connectivity index is 2.22. The van der Waals surface area contributed by atoms with Gasteiger partial charge in [0.2, 0.25) is 11.8 Å². The van der Waals surface area contributed by atoms with Crippen molar-refractivity contribution in [3.05, 3.63) is 28.8 Å². The summed E-state index contributed by atoms with van der Waals surface area (Å²) in [6.45, 7) is 0. The van der Waals surface area contributed by atoms with Gasteiger partial charge >= 0.3 is 5.97 Å². The summed E-state index contributed by atoms with van der Waals surface area (Å²) in [5.74, 6) is -1.92. The van der Waals surface area contributed by atoms with Gasteiger partial charge in [0.1, 0.15) is 5.41 Å². The topological polar surface area (TPSA) is 95.5 Å². The van der Waals surface area contributed by atoms with Crippen molar-refractivity contribution in [2.75, 3.05) is 12.4 Å². The van der Waals surface area contributed by atoms with Crippen LogP contribution in [0.2, 0.25) is 5.02 Å². The highest BCUT2D eigenvalue weighted by atomic mass is 35.5. The van der Waals surface area contributed by atoms with Gasteiger partial charge in [-0.3, -0.25) is 9.59 Å². The van der Waals surface area contributed by atoms with E-state index in [1.165, 1.54) is 25.2 Å². The van der Waals surface area contributed by atoms with Crippen LogP contribution < -0.4 is 10.6 Å². The number of benzene rings is 1. The fourth-order valence-electron chi connectivity index (χ4n) is 2.34. The predicted octanol–water partition coefficient (Wildman–Crippen LogP) is 1.89. The largest absolute Gasteiger partial charge is 0.478 e. The number of carboxylic acids is 1. The average Bonchev–Trinajstić information content (AvgIpc) is 2.39. The Morgan fingerprint density at radius 3 is 2.38 bits per heavy atom. The molecule has 0 atom stereocenters. The minimum atomic E-state index is -1.18. The number of carbonyl (C=O) groups is 3. The van der Waals surface area contributed by atoms with Crippen molar-refractivity contribution in [1.82, 2.24) is 5.32 Å². The summed E-state index contributed by atoms with van der Waals surface area (Å²) < 4.78 is 0. The van der Waals surface area contributed by atoms with E-state index in [2.05, 4.69) is 10.6 Å². The summed E-state index contributed by atoms with van der Waals surface area (Å²) in [5.41, 5.74) is -0.855. The molecule has 1 aliphatic carbocycles. The monoisotopic (exact) mass is 310 g/mol. The van der Waals surface area contributed by atoms with Gasteiger partial charge in [0.05, 0.1) is 10.6 Å². The molecule has 2 rings (SSSR count). The Morgan fingerprint density at radius 2 is 1.90 bits per heavy atom. The third-order valence-corrected chi connectivity index (χ3v) is 4.09. The highest BCUT2D eigenvalue weighted by molar-refractivity contribution is 6.33. The van der Waals surface area contributed by atoms with E-state index in [0.29, 0.717) is 18.5 Å². The van der Waals surface area contributed by atoms with Gasteiger partial charge in [-0.25, -0.2) is 4.79 Å². The Kier molecular flexibility index (Phi) is 4.18. The fraction of sp³-hybridized carbons (Fsp3) is 0.357. The van der Waals surface area contributed by atoms with Crippen LogP contribution in [0.5, 0.6) is 0 Å². The Labute approximate surface area is 126 Å². The van der Waals surface area contributed by atoms with Crippen LogP contribution in [-0.2, 0) is 9.59 Å². The smallest absolute Gasteiger partial charge is 0.337 e. The first-order valence-electron chi connectivity index (χ1n) is 6.47. The first-order chi connectivity index (χ1) is 9.90. The van der Waals surface area contributed by atoms with E-state index in [1.807, 2.05) is 0 Å². The van der Waals surface area contributed by atoms with Crippen molar-refractivity contribution in [2.45, 2.75) is 19.3 Å². The summed E-state index contributed by atoms with van der Waals surface area (Å²) in [6, 6.07) is 4.18. The third-order valence-electron chi connectivity index (χ3n) is 3.76. The summed E-state index contributed by atoms with van der Waals surface area (Å²) >= 11 is 5.77. The van der Waals surface area contributed by atoms with Gasteiger partial charge in [-0.2, -0.15) is 0 Å². The first-order valence-corrected chi connectivity index (χ1v) is 6.85. The molecule has 1 aliphatic rings. The van der Waals surface area contributed by atoms with Crippen molar-refractivity contribution in [1.29, 1.82) is 0 Å². The second-order valence-corrected chi connectivity index (χ2v) is 5.38. The zero-order valence-corrected chi connectivity index (χ0v) is 12.2. The van der Waals surface area contributed by atoms with Crippen molar-refractivity contribution in [3.63, 3.8) is 0 Å². The van der Waals surface area contributed by atoms with E-state index in [4.69, 9.17) is 16.7 Å². The molecule has 1 fully saturated rings. The Morgan fingerprint density at radius 1 is 1.24 bits per heavy atom. The molecular formula is C14H15ClN2O4. The SMILES string of the molecule is CNC(=O)C1(C(=O)Nc2ccc(Cl)c(C(=O)O)c2)CCC1. The minimum absolute atomic E-state index is 0.0881. The molecule has 3 N–H and O–H groups in total. The van der Waals surface area contributed by atoms with Crippen molar-refractivity contribution in [2.24, 2.45) is 5.41 Å².